The minimum atomic E-state index is -0.0788. The number of carbonyl (C=O) groups is 1. The van der Waals surface area contributed by atoms with Crippen LogP contribution in [0.2, 0.25) is 0 Å². The third-order valence-electron chi connectivity index (χ3n) is 4.87. The molecule has 3 nitrogen and oxygen atoms in total. The van der Waals surface area contributed by atoms with E-state index in [1.807, 2.05) is 78.9 Å². The number of nitrogens with zero attached hydrogens (tertiary/aromatic N) is 1. The lowest BCUT2D eigenvalue weighted by atomic mass is 9.99. The summed E-state index contributed by atoms with van der Waals surface area (Å²) in [6.07, 6.45) is 1.71. The smallest absolute Gasteiger partial charge is 0.213 e. The van der Waals surface area contributed by atoms with Crippen molar-refractivity contribution in [3.8, 4) is 11.1 Å². The fourth-order valence-corrected chi connectivity index (χ4v) is 3.55. The SMILES string of the molecule is O=C(c1cccc(-c2ccccc2)c1)c1nccc2c1[nH]c1ccccc12. The molecule has 0 saturated carbocycles. The number of H-pyrrole nitrogens is 1. The van der Waals surface area contributed by atoms with E-state index in [1.54, 1.807) is 6.20 Å². The molecule has 0 spiro atoms. The molecule has 2 heterocycles. The molecule has 3 aromatic carbocycles. The Morgan fingerprint density at radius 1 is 0.741 bits per heavy atom. The fourth-order valence-electron chi connectivity index (χ4n) is 3.55. The average molecular weight is 348 g/mol. The van der Waals surface area contributed by atoms with Gasteiger partial charge in [0.05, 0.1) is 5.52 Å². The van der Waals surface area contributed by atoms with Crippen LogP contribution >= 0.6 is 0 Å². The number of para-hydroxylation sites is 1. The summed E-state index contributed by atoms with van der Waals surface area (Å²) in [7, 11) is 0. The van der Waals surface area contributed by atoms with Gasteiger partial charge in [0.1, 0.15) is 5.69 Å². The zero-order chi connectivity index (χ0) is 18.2. The molecule has 128 valence electrons. The van der Waals surface area contributed by atoms with Crippen LogP contribution in [0.15, 0.2) is 91.1 Å². The maximum Gasteiger partial charge on any atom is 0.213 e. The van der Waals surface area contributed by atoms with Crippen LogP contribution in [-0.4, -0.2) is 15.8 Å². The predicted octanol–water partition coefficient (Wildman–Crippen LogP) is 5.61. The number of ketones is 1. The number of fused-ring (bicyclic) bond motifs is 3. The van der Waals surface area contributed by atoms with Gasteiger partial charge in [0.25, 0.3) is 0 Å². The zero-order valence-corrected chi connectivity index (χ0v) is 14.5. The largest absolute Gasteiger partial charge is 0.353 e. The first-order valence-electron chi connectivity index (χ1n) is 8.87. The van der Waals surface area contributed by atoms with Crippen molar-refractivity contribution in [1.82, 2.24) is 9.97 Å². The van der Waals surface area contributed by atoms with Crippen molar-refractivity contribution in [2.75, 3.05) is 0 Å². The first-order valence-corrected chi connectivity index (χ1v) is 8.87. The Hall–Kier alpha value is -3.72. The van der Waals surface area contributed by atoms with E-state index >= 15 is 0 Å². The summed E-state index contributed by atoms with van der Waals surface area (Å²) in [5, 5.41) is 2.12. The lowest BCUT2D eigenvalue weighted by Gasteiger charge is -2.06. The summed E-state index contributed by atoms with van der Waals surface area (Å²) in [5.74, 6) is -0.0788. The van der Waals surface area contributed by atoms with Gasteiger partial charge in [0.2, 0.25) is 5.78 Å². The summed E-state index contributed by atoms with van der Waals surface area (Å²) in [6.45, 7) is 0. The molecule has 5 rings (SSSR count). The van der Waals surface area contributed by atoms with Crippen LogP contribution in [-0.2, 0) is 0 Å². The fraction of sp³-hybridized carbons (Fsp3) is 0. The van der Waals surface area contributed by atoms with E-state index in [1.165, 1.54) is 0 Å². The van der Waals surface area contributed by atoms with Gasteiger partial charge in [-0.3, -0.25) is 9.78 Å². The number of aromatic amines is 1. The van der Waals surface area contributed by atoms with Gasteiger partial charge < -0.3 is 4.98 Å². The topological polar surface area (TPSA) is 45.8 Å². The quantitative estimate of drug-likeness (QED) is 0.431. The molecule has 0 radical (unpaired) electrons. The lowest BCUT2D eigenvalue weighted by molar-refractivity contribution is 0.103. The van der Waals surface area contributed by atoms with Crippen LogP contribution in [0.1, 0.15) is 16.1 Å². The summed E-state index contributed by atoms with van der Waals surface area (Å²) in [4.78, 5) is 21.0. The Kier molecular flexibility index (Phi) is 3.58. The van der Waals surface area contributed by atoms with Gasteiger partial charge in [-0.05, 0) is 29.3 Å². The summed E-state index contributed by atoms with van der Waals surface area (Å²) in [6, 6.07) is 27.8. The average Bonchev–Trinajstić information content (AvgIpc) is 3.13. The van der Waals surface area contributed by atoms with E-state index in [0.29, 0.717) is 11.3 Å². The maximum absolute atomic E-state index is 13.2. The molecular weight excluding hydrogens is 332 g/mol. The van der Waals surface area contributed by atoms with Crippen molar-refractivity contribution in [2.24, 2.45) is 0 Å². The number of hydrogen-bond donors (Lipinski definition) is 1. The van der Waals surface area contributed by atoms with Gasteiger partial charge >= 0.3 is 0 Å². The second-order valence-corrected chi connectivity index (χ2v) is 6.53. The van der Waals surface area contributed by atoms with E-state index in [2.05, 4.69) is 16.0 Å². The number of carbonyl (C=O) groups excluding carboxylic acids is 1. The Bertz CT molecular complexity index is 1290. The van der Waals surface area contributed by atoms with E-state index < -0.39 is 0 Å². The predicted molar refractivity (Wildman–Crippen MR) is 109 cm³/mol. The molecule has 0 bridgehead atoms. The van der Waals surface area contributed by atoms with Gasteiger partial charge in [0.15, 0.2) is 0 Å². The van der Waals surface area contributed by atoms with Crippen molar-refractivity contribution >= 4 is 27.6 Å². The number of benzene rings is 3. The van der Waals surface area contributed by atoms with E-state index in [-0.39, 0.29) is 5.78 Å². The minimum absolute atomic E-state index is 0.0788. The number of hydrogen-bond acceptors (Lipinski definition) is 2. The van der Waals surface area contributed by atoms with Gasteiger partial charge in [0, 0.05) is 28.0 Å². The van der Waals surface area contributed by atoms with Crippen LogP contribution in [0.4, 0.5) is 0 Å². The first-order chi connectivity index (χ1) is 13.3. The lowest BCUT2D eigenvalue weighted by Crippen LogP contribution is -2.05. The second kappa shape index (κ2) is 6.22. The molecule has 5 aromatic rings. The van der Waals surface area contributed by atoms with Crippen LogP contribution in [0, 0.1) is 0 Å². The summed E-state index contributed by atoms with van der Waals surface area (Å²) >= 11 is 0. The van der Waals surface area contributed by atoms with Crippen molar-refractivity contribution in [1.29, 1.82) is 0 Å². The summed E-state index contributed by atoms with van der Waals surface area (Å²) in [5.41, 5.74) is 4.99. The molecule has 0 aliphatic carbocycles. The molecule has 0 unspecified atom stereocenters. The molecule has 27 heavy (non-hydrogen) atoms. The van der Waals surface area contributed by atoms with Crippen LogP contribution in [0.5, 0.6) is 0 Å². The van der Waals surface area contributed by atoms with Crippen molar-refractivity contribution in [2.45, 2.75) is 0 Å². The normalized spacial score (nSPS) is 11.1. The van der Waals surface area contributed by atoms with Gasteiger partial charge in [-0.1, -0.05) is 66.7 Å². The van der Waals surface area contributed by atoms with Crippen LogP contribution < -0.4 is 0 Å². The highest BCUT2D eigenvalue weighted by molar-refractivity contribution is 6.19. The van der Waals surface area contributed by atoms with Crippen LogP contribution in [0.25, 0.3) is 32.9 Å². The highest BCUT2D eigenvalue weighted by atomic mass is 16.1. The number of rotatable bonds is 3. The molecule has 3 heteroatoms. The highest BCUT2D eigenvalue weighted by Gasteiger charge is 2.17. The third kappa shape index (κ3) is 2.61. The van der Waals surface area contributed by atoms with E-state index in [4.69, 9.17) is 0 Å². The molecule has 1 N–H and O–H groups in total. The highest BCUT2D eigenvalue weighted by Crippen LogP contribution is 2.28. The molecule has 2 aromatic heterocycles. The molecule has 0 amide bonds. The van der Waals surface area contributed by atoms with Gasteiger partial charge in [-0.25, -0.2) is 0 Å². The Morgan fingerprint density at radius 3 is 2.41 bits per heavy atom. The van der Waals surface area contributed by atoms with Gasteiger partial charge in [-0.15, -0.1) is 0 Å². The Morgan fingerprint density at radius 2 is 1.52 bits per heavy atom. The van der Waals surface area contributed by atoms with E-state index in [9.17, 15) is 4.79 Å². The van der Waals surface area contributed by atoms with Crippen LogP contribution in [0.3, 0.4) is 0 Å². The van der Waals surface area contributed by atoms with Crippen molar-refractivity contribution in [3.05, 3.63) is 102 Å². The Labute approximate surface area is 156 Å². The standard InChI is InChI=1S/C24H16N2O/c27-24(18-10-6-9-17(15-18)16-7-2-1-3-8-16)23-22-20(13-14-25-23)19-11-4-5-12-21(19)26-22/h1-15,26H. The van der Waals surface area contributed by atoms with E-state index in [0.717, 1.165) is 32.9 Å². The minimum Gasteiger partial charge on any atom is -0.353 e. The number of aromatic nitrogens is 2. The third-order valence-corrected chi connectivity index (χ3v) is 4.87. The molecule has 0 aliphatic rings. The zero-order valence-electron chi connectivity index (χ0n) is 14.5. The molecular formula is C24H16N2O. The monoisotopic (exact) mass is 348 g/mol. The summed E-state index contributed by atoms with van der Waals surface area (Å²) < 4.78 is 0. The second-order valence-electron chi connectivity index (χ2n) is 6.53. The molecule has 0 fully saturated rings. The number of pyridine rings is 1. The van der Waals surface area contributed by atoms with Gasteiger partial charge in [-0.2, -0.15) is 0 Å². The molecule has 0 aliphatic heterocycles. The first kappa shape index (κ1) is 15.5. The number of nitrogens with one attached hydrogen (secondary N) is 1. The maximum atomic E-state index is 13.2. The van der Waals surface area contributed by atoms with Crippen molar-refractivity contribution in [3.63, 3.8) is 0 Å². The molecule has 0 saturated heterocycles. The Balaban J connectivity index is 1.65. The van der Waals surface area contributed by atoms with Crippen molar-refractivity contribution < 1.29 is 4.79 Å². The molecule has 0 atom stereocenters.